The van der Waals surface area contributed by atoms with E-state index in [-0.39, 0.29) is 5.56 Å². The van der Waals surface area contributed by atoms with Gasteiger partial charge in [-0.1, -0.05) is 6.92 Å². The van der Waals surface area contributed by atoms with Crippen molar-refractivity contribution >= 4 is 17.0 Å². The lowest BCUT2D eigenvalue weighted by Crippen LogP contribution is -2.23. The Labute approximate surface area is 134 Å². The summed E-state index contributed by atoms with van der Waals surface area (Å²) in [7, 11) is 0. The molecule has 0 saturated heterocycles. The number of aromatic nitrogens is 3. The minimum absolute atomic E-state index is 0.0652. The van der Waals surface area contributed by atoms with Crippen LogP contribution in [0.2, 0.25) is 0 Å². The normalized spacial score (nSPS) is 11.1. The van der Waals surface area contributed by atoms with Crippen LogP contribution in [0.1, 0.15) is 26.5 Å². The van der Waals surface area contributed by atoms with E-state index in [0.717, 1.165) is 29.6 Å². The summed E-state index contributed by atoms with van der Waals surface area (Å²) in [6.45, 7) is 7.27. The minimum Gasteiger partial charge on any atom is -0.472 e. The summed E-state index contributed by atoms with van der Waals surface area (Å²) in [4.78, 5) is 21.9. The highest BCUT2D eigenvalue weighted by molar-refractivity contribution is 5.84. The standard InChI is InChI=1S/C17H20N4O2/c1-4-14-13-9-12(11-7-8-23-10-11)16(22)21(6-3)15(13)20-17(19-14)18-5-2/h7-10H,4-6H2,1-3H3,(H,18,19,20). The summed E-state index contributed by atoms with van der Waals surface area (Å²) in [5.74, 6) is 0.564. The molecule has 0 aliphatic carbocycles. The van der Waals surface area contributed by atoms with Crippen molar-refractivity contribution in [2.75, 3.05) is 11.9 Å². The van der Waals surface area contributed by atoms with Crippen LogP contribution in [-0.4, -0.2) is 21.1 Å². The van der Waals surface area contributed by atoms with Gasteiger partial charge in [0.2, 0.25) is 5.95 Å². The second-order valence-electron chi connectivity index (χ2n) is 5.23. The molecule has 1 N–H and O–H groups in total. The van der Waals surface area contributed by atoms with Gasteiger partial charge in [-0.25, -0.2) is 4.98 Å². The Morgan fingerprint density at radius 2 is 2.09 bits per heavy atom. The Balaban J connectivity index is 2.37. The Morgan fingerprint density at radius 1 is 1.26 bits per heavy atom. The van der Waals surface area contributed by atoms with Crippen molar-refractivity contribution in [2.24, 2.45) is 0 Å². The zero-order valence-corrected chi connectivity index (χ0v) is 13.6. The van der Waals surface area contributed by atoms with Gasteiger partial charge in [-0.2, -0.15) is 4.98 Å². The molecule has 0 spiro atoms. The Hall–Kier alpha value is -2.63. The molecule has 3 heterocycles. The fourth-order valence-corrected chi connectivity index (χ4v) is 2.73. The highest BCUT2D eigenvalue weighted by Gasteiger charge is 2.16. The van der Waals surface area contributed by atoms with Gasteiger partial charge in [-0.05, 0) is 32.4 Å². The fraction of sp³-hybridized carbons (Fsp3) is 0.353. The zero-order chi connectivity index (χ0) is 16.4. The van der Waals surface area contributed by atoms with Crippen LogP contribution < -0.4 is 10.9 Å². The average Bonchev–Trinajstić information content (AvgIpc) is 3.08. The zero-order valence-electron chi connectivity index (χ0n) is 13.6. The first-order valence-electron chi connectivity index (χ1n) is 7.90. The van der Waals surface area contributed by atoms with Gasteiger partial charge in [-0.3, -0.25) is 9.36 Å². The van der Waals surface area contributed by atoms with Crippen molar-refractivity contribution in [3.8, 4) is 11.1 Å². The predicted octanol–water partition coefficient (Wildman–Crippen LogP) is 3.07. The summed E-state index contributed by atoms with van der Waals surface area (Å²) in [5, 5.41) is 4.04. The molecule has 3 aromatic heterocycles. The van der Waals surface area contributed by atoms with Crippen molar-refractivity contribution in [1.29, 1.82) is 0 Å². The molecule has 0 fully saturated rings. The van der Waals surface area contributed by atoms with Gasteiger partial charge >= 0.3 is 0 Å². The number of pyridine rings is 1. The van der Waals surface area contributed by atoms with Crippen LogP contribution in [0, 0.1) is 0 Å². The van der Waals surface area contributed by atoms with Crippen molar-refractivity contribution in [1.82, 2.24) is 14.5 Å². The summed E-state index contributed by atoms with van der Waals surface area (Å²) in [6.07, 6.45) is 3.92. The largest absolute Gasteiger partial charge is 0.472 e. The lowest BCUT2D eigenvalue weighted by molar-refractivity contribution is 0.568. The molecule has 6 heteroatoms. The maximum atomic E-state index is 12.8. The van der Waals surface area contributed by atoms with Crippen LogP contribution in [-0.2, 0) is 13.0 Å². The van der Waals surface area contributed by atoms with E-state index >= 15 is 0 Å². The van der Waals surface area contributed by atoms with E-state index in [0.29, 0.717) is 23.7 Å². The minimum atomic E-state index is -0.0652. The van der Waals surface area contributed by atoms with E-state index in [2.05, 4.69) is 22.2 Å². The van der Waals surface area contributed by atoms with Gasteiger partial charge in [-0.15, -0.1) is 0 Å². The van der Waals surface area contributed by atoms with E-state index < -0.39 is 0 Å². The van der Waals surface area contributed by atoms with Gasteiger partial charge in [0.15, 0.2) is 0 Å². The maximum absolute atomic E-state index is 12.8. The maximum Gasteiger partial charge on any atom is 0.260 e. The Morgan fingerprint density at radius 3 is 2.70 bits per heavy atom. The van der Waals surface area contributed by atoms with Crippen LogP contribution in [0.15, 0.2) is 33.9 Å². The van der Waals surface area contributed by atoms with Crippen molar-refractivity contribution in [3.63, 3.8) is 0 Å². The van der Waals surface area contributed by atoms with E-state index in [1.807, 2.05) is 19.9 Å². The third-order valence-corrected chi connectivity index (χ3v) is 3.84. The van der Waals surface area contributed by atoms with Gasteiger partial charge in [0, 0.05) is 24.0 Å². The SMILES string of the molecule is CCNc1nc(CC)c2cc(-c3ccoc3)c(=O)n(CC)c2n1. The highest BCUT2D eigenvalue weighted by atomic mass is 16.3. The number of nitrogens with zero attached hydrogens (tertiary/aromatic N) is 3. The number of hydrogen-bond donors (Lipinski definition) is 1. The first-order valence-corrected chi connectivity index (χ1v) is 7.90. The van der Waals surface area contributed by atoms with Crippen LogP contribution in [0.3, 0.4) is 0 Å². The van der Waals surface area contributed by atoms with Crippen LogP contribution in [0.25, 0.3) is 22.2 Å². The monoisotopic (exact) mass is 312 g/mol. The molecule has 23 heavy (non-hydrogen) atoms. The van der Waals surface area contributed by atoms with Crippen LogP contribution in [0.4, 0.5) is 5.95 Å². The molecule has 3 aromatic rings. The number of rotatable bonds is 5. The lowest BCUT2D eigenvalue weighted by atomic mass is 10.1. The number of anilines is 1. The van der Waals surface area contributed by atoms with Gasteiger partial charge in [0.25, 0.3) is 5.56 Å². The molecule has 120 valence electrons. The molecule has 0 aliphatic rings. The topological polar surface area (TPSA) is 73.0 Å². The van der Waals surface area contributed by atoms with Crippen molar-refractivity contribution in [3.05, 3.63) is 40.7 Å². The molecular formula is C17H20N4O2. The number of nitrogens with one attached hydrogen (secondary N) is 1. The van der Waals surface area contributed by atoms with E-state index in [1.54, 1.807) is 23.2 Å². The molecule has 0 aliphatic heterocycles. The summed E-state index contributed by atoms with van der Waals surface area (Å²) < 4.78 is 6.82. The molecule has 0 atom stereocenters. The van der Waals surface area contributed by atoms with Crippen molar-refractivity contribution < 1.29 is 4.42 Å². The molecule has 0 bridgehead atoms. The van der Waals surface area contributed by atoms with E-state index in [9.17, 15) is 4.79 Å². The lowest BCUT2D eigenvalue weighted by Gasteiger charge is -2.13. The third-order valence-electron chi connectivity index (χ3n) is 3.84. The number of furan rings is 1. The third kappa shape index (κ3) is 2.60. The molecular weight excluding hydrogens is 292 g/mol. The van der Waals surface area contributed by atoms with Gasteiger partial charge in [0.1, 0.15) is 5.65 Å². The molecule has 0 saturated carbocycles. The average molecular weight is 312 g/mol. The molecule has 0 aromatic carbocycles. The first-order chi connectivity index (χ1) is 11.2. The molecule has 0 radical (unpaired) electrons. The Bertz CT molecular complexity index is 882. The summed E-state index contributed by atoms with van der Waals surface area (Å²) in [6, 6.07) is 3.67. The van der Waals surface area contributed by atoms with Crippen LogP contribution >= 0.6 is 0 Å². The van der Waals surface area contributed by atoms with E-state index in [4.69, 9.17) is 4.42 Å². The smallest absolute Gasteiger partial charge is 0.260 e. The summed E-state index contributed by atoms with van der Waals surface area (Å²) >= 11 is 0. The quantitative estimate of drug-likeness (QED) is 0.784. The second kappa shape index (κ2) is 6.24. The van der Waals surface area contributed by atoms with Crippen LogP contribution in [0.5, 0.6) is 0 Å². The molecule has 0 unspecified atom stereocenters. The number of fused-ring (bicyclic) bond motifs is 1. The molecule has 3 rings (SSSR count). The van der Waals surface area contributed by atoms with Crippen molar-refractivity contribution in [2.45, 2.75) is 33.7 Å². The fourth-order valence-electron chi connectivity index (χ4n) is 2.73. The first kappa shape index (κ1) is 15.3. The molecule has 0 amide bonds. The van der Waals surface area contributed by atoms with Gasteiger partial charge < -0.3 is 9.73 Å². The number of aryl methyl sites for hydroxylation is 2. The predicted molar refractivity (Wildman–Crippen MR) is 90.7 cm³/mol. The molecule has 6 nitrogen and oxygen atoms in total. The highest BCUT2D eigenvalue weighted by Crippen LogP contribution is 2.24. The number of hydrogen-bond acceptors (Lipinski definition) is 5. The van der Waals surface area contributed by atoms with E-state index in [1.165, 1.54) is 0 Å². The van der Waals surface area contributed by atoms with Gasteiger partial charge in [0.05, 0.1) is 23.8 Å². The summed E-state index contributed by atoms with van der Waals surface area (Å²) in [5.41, 5.74) is 2.93. The Kier molecular flexibility index (Phi) is 4.14. The second-order valence-corrected chi connectivity index (χ2v) is 5.23.